The highest BCUT2D eigenvalue weighted by atomic mass is 79.9. The Hall–Kier alpha value is -1.43. The molecule has 0 N–H and O–H groups in total. The highest BCUT2D eigenvalue weighted by Crippen LogP contribution is 2.29. The topological polar surface area (TPSA) is 53.2 Å². The van der Waals surface area contributed by atoms with Crippen LogP contribution in [0, 0.1) is 18.3 Å². The summed E-state index contributed by atoms with van der Waals surface area (Å²) in [4.78, 5) is 13.6. The van der Waals surface area contributed by atoms with E-state index in [1.54, 1.807) is 19.1 Å². The molecule has 0 saturated carbocycles. The van der Waals surface area contributed by atoms with Gasteiger partial charge in [-0.3, -0.25) is 0 Å². The number of rotatable bonds is 1. The van der Waals surface area contributed by atoms with Crippen molar-refractivity contribution in [2.24, 2.45) is 4.99 Å². The van der Waals surface area contributed by atoms with Crippen LogP contribution in [0.4, 0.5) is 5.69 Å². The number of hydrogen-bond donors (Lipinski definition) is 0. The molecule has 0 aliphatic carbocycles. The molecule has 0 fully saturated rings. The Morgan fingerprint density at radius 2 is 2.23 bits per heavy atom. The van der Waals surface area contributed by atoms with Crippen molar-refractivity contribution in [2.75, 3.05) is 0 Å². The van der Waals surface area contributed by atoms with Crippen LogP contribution in [-0.4, -0.2) is 6.08 Å². The number of benzene rings is 1. The van der Waals surface area contributed by atoms with Gasteiger partial charge in [0.05, 0.1) is 17.3 Å². The van der Waals surface area contributed by atoms with Gasteiger partial charge in [0.15, 0.2) is 0 Å². The summed E-state index contributed by atoms with van der Waals surface area (Å²) in [6.45, 7) is 1.78. The van der Waals surface area contributed by atoms with Crippen LogP contribution in [0.1, 0.15) is 11.1 Å². The van der Waals surface area contributed by atoms with Gasteiger partial charge in [0.25, 0.3) is 0 Å². The summed E-state index contributed by atoms with van der Waals surface area (Å²) in [6, 6.07) is 5.29. The molecule has 4 heteroatoms. The van der Waals surface area contributed by atoms with E-state index in [0.717, 1.165) is 5.56 Å². The Balaban J connectivity index is 3.41. The fourth-order valence-corrected chi connectivity index (χ4v) is 1.64. The maximum atomic E-state index is 10.1. The number of aliphatic imine (C=N–C) groups is 1. The molecule has 0 spiro atoms. The van der Waals surface area contributed by atoms with E-state index in [1.165, 1.54) is 6.08 Å². The van der Waals surface area contributed by atoms with Crippen molar-refractivity contribution in [2.45, 2.75) is 6.92 Å². The first-order chi connectivity index (χ1) is 6.19. The molecule has 0 radical (unpaired) electrons. The molecule has 0 atom stereocenters. The minimum atomic E-state index is 0.522. The molecule has 13 heavy (non-hydrogen) atoms. The monoisotopic (exact) mass is 236 g/mol. The number of aryl methyl sites for hydroxylation is 1. The largest absolute Gasteiger partial charge is 0.240 e. The lowest BCUT2D eigenvalue weighted by atomic mass is 10.1. The van der Waals surface area contributed by atoms with E-state index in [1.807, 2.05) is 6.07 Å². The van der Waals surface area contributed by atoms with Crippen molar-refractivity contribution in [3.63, 3.8) is 0 Å². The van der Waals surface area contributed by atoms with Gasteiger partial charge in [-0.15, -0.1) is 0 Å². The van der Waals surface area contributed by atoms with Crippen molar-refractivity contribution in [3.8, 4) is 6.07 Å². The molecule has 3 nitrogen and oxygen atoms in total. The molecule has 0 aliphatic heterocycles. The molecular formula is C9H5BrN2O. The normalized spacial score (nSPS) is 8.69. The second kappa shape index (κ2) is 3.99. The van der Waals surface area contributed by atoms with Crippen molar-refractivity contribution in [3.05, 3.63) is 27.7 Å². The van der Waals surface area contributed by atoms with Gasteiger partial charge in [-0.25, -0.2) is 4.79 Å². The SMILES string of the molecule is Cc1cc(C#N)cc(Br)c1N=C=O. The molecule has 0 aliphatic rings. The van der Waals surface area contributed by atoms with Gasteiger partial charge in [0.2, 0.25) is 6.08 Å². The molecule has 1 aromatic carbocycles. The van der Waals surface area contributed by atoms with E-state index in [4.69, 9.17) is 5.26 Å². The van der Waals surface area contributed by atoms with Crippen LogP contribution >= 0.6 is 15.9 Å². The number of nitrogens with zero attached hydrogens (tertiary/aromatic N) is 2. The average molecular weight is 237 g/mol. The molecule has 0 saturated heterocycles. The lowest BCUT2D eigenvalue weighted by Crippen LogP contribution is -1.80. The van der Waals surface area contributed by atoms with E-state index >= 15 is 0 Å². The lowest BCUT2D eigenvalue weighted by molar-refractivity contribution is 0.565. The number of isocyanates is 1. The summed E-state index contributed by atoms with van der Waals surface area (Å²) in [7, 11) is 0. The Labute approximate surface area is 83.8 Å². The van der Waals surface area contributed by atoms with Gasteiger partial charge in [-0.05, 0) is 40.5 Å². The van der Waals surface area contributed by atoms with Crippen molar-refractivity contribution in [1.82, 2.24) is 0 Å². The first kappa shape index (κ1) is 9.66. The van der Waals surface area contributed by atoms with Gasteiger partial charge in [0.1, 0.15) is 0 Å². The van der Waals surface area contributed by atoms with Gasteiger partial charge >= 0.3 is 0 Å². The van der Waals surface area contributed by atoms with Gasteiger partial charge in [-0.2, -0.15) is 10.3 Å². The van der Waals surface area contributed by atoms with Crippen LogP contribution in [0.5, 0.6) is 0 Å². The average Bonchev–Trinajstić information content (AvgIpc) is 2.11. The second-order valence-corrected chi connectivity index (χ2v) is 3.29. The number of nitriles is 1. The molecule has 0 amide bonds. The van der Waals surface area contributed by atoms with E-state index < -0.39 is 0 Å². The Bertz CT molecular complexity index is 405. The predicted molar refractivity (Wildman–Crippen MR) is 51.4 cm³/mol. The lowest BCUT2D eigenvalue weighted by Gasteiger charge is -2.01. The summed E-state index contributed by atoms with van der Waals surface area (Å²) in [5.41, 5.74) is 1.83. The Morgan fingerprint density at radius 3 is 2.69 bits per heavy atom. The minimum absolute atomic E-state index is 0.522. The van der Waals surface area contributed by atoms with Crippen LogP contribution in [0.25, 0.3) is 0 Å². The third-order valence-corrected chi connectivity index (χ3v) is 2.15. The third-order valence-electron chi connectivity index (χ3n) is 1.54. The van der Waals surface area contributed by atoms with Crippen molar-refractivity contribution >= 4 is 27.7 Å². The number of halogens is 1. The summed E-state index contributed by atoms with van der Waals surface area (Å²) < 4.78 is 0.632. The van der Waals surface area contributed by atoms with Crippen molar-refractivity contribution < 1.29 is 4.79 Å². The zero-order chi connectivity index (χ0) is 9.84. The standard InChI is InChI=1S/C9H5BrN2O/c1-6-2-7(4-11)3-8(10)9(6)12-5-13/h2-3H,1H3. The van der Waals surface area contributed by atoms with E-state index in [-0.39, 0.29) is 0 Å². The summed E-state index contributed by atoms with van der Waals surface area (Å²) >= 11 is 3.22. The quantitative estimate of drug-likeness (QED) is 0.556. The smallest absolute Gasteiger partial charge is 0.211 e. The van der Waals surface area contributed by atoms with Crippen LogP contribution < -0.4 is 0 Å². The predicted octanol–water partition coefficient (Wildman–Crippen LogP) is 2.60. The highest BCUT2D eigenvalue weighted by Gasteiger charge is 2.04. The van der Waals surface area contributed by atoms with Crippen molar-refractivity contribution in [1.29, 1.82) is 5.26 Å². The fourth-order valence-electron chi connectivity index (χ4n) is 0.988. The van der Waals surface area contributed by atoms with Gasteiger partial charge < -0.3 is 0 Å². The fraction of sp³-hybridized carbons (Fsp3) is 0.111. The third kappa shape index (κ3) is 2.03. The summed E-state index contributed by atoms with van der Waals surface area (Å²) in [5, 5.41) is 8.63. The van der Waals surface area contributed by atoms with Crippen LogP contribution in [0.15, 0.2) is 21.6 Å². The molecule has 0 heterocycles. The first-order valence-electron chi connectivity index (χ1n) is 3.47. The Kier molecular flexibility index (Phi) is 2.97. The zero-order valence-electron chi connectivity index (χ0n) is 6.84. The molecule has 1 rings (SSSR count). The zero-order valence-corrected chi connectivity index (χ0v) is 8.42. The highest BCUT2D eigenvalue weighted by molar-refractivity contribution is 9.10. The van der Waals surface area contributed by atoms with Crippen LogP contribution in [-0.2, 0) is 4.79 Å². The maximum absolute atomic E-state index is 10.1. The molecular weight excluding hydrogens is 232 g/mol. The minimum Gasteiger partial charge on any atom is -0.211 e. The van der Waals surface area contributed by atoms with E-state index in [2.05, 4.69) is 20.9 Å². The van der Waals surface area contributed by atoms with E-state index in [0.29, 0.717) is 15.7 Å². The molecule has 0 aromatic heterocycles. The second-order valence-electron chi connectivity index (χ2n) is 2.44. The summed E-state index contributed by atoms with van der Waals surface area (Å²) in [6.07, 6.45) is 1.47. The molecule has 0 unspecified atom stereocenters. The molecule has 1 aromatic rings. The first-order valence-corrected chi connectivity index (χ1v) is 4.26. The van der Waals surface area contributed by atoms with Gasteiger partial charge in [0, 0.05) is 4.47 Å². The summed E-state index contributed by atoms with van der Waals surface area (Å²) in [5.74, 6) is 0. The van der Waals surface area contributed by atoms with Crippen LogP contribution in [0.3, 0.4) is 0 Å². The Morgan fingerprint density at radius 1 is 1.54 bits per heavy atom. The maximum Gasteiger partial charge on any atom is 0.240 e. The van der Waals surface area contributed by atoms with Gasteiger partial charge in [-0.1, -0.05) is 0 Å². The molecule has 0 bridgehead atoms. The number of carbonyl (C=O) groups excluding carboxylic acids is 1. The number of hydrogen-bond acceptors (Lipinski definition) is 3. The van der Waals surface area contributed by atoms with E-state index in [9.17, 15) is 4.79 Å². The van der Waals surface area contributed by atoms with Crippen LogP contribution in [0.2, 0.25) is 0 Å². The molecule has 64 valence electrons.